The zero-order chi connectivity index (χ0) is 27.4. The molecule has 7 heteroatoms. The van der Waals surface area contributed by atoms with E-state index in [0.717, 1.165) is 12.0 Å². The molecule has 0 radical (unpaired) electrons. The van der Waals surface area contributed by atoms with E-state index in [4.69, 9.17) is 18.6 Å². The second-order valence-electron chi connectivity index (χ2n) is 10.0. The van der Waals surface area contributed by atoms with E-state index < -0.39 is 17.9 Å². The maximum absolute atomic E-state index is 13.6. The van der Waals surface area contributed by atoms with Crippen molar-refractivity contribution in [2.75, 3.05) is 7.11 Å². The van der Waals surface area contributed by atoms with Gasteiger partial charge in [0.05, 0.1) is 25.6 Å². The van der Waals surface area contributed by atoms with E-state index in [1.807, 2.05) is 55.5 Å². The molecule has 0 spiro atoms. The molecule has 1 aromatic heterocycles. The smallest absolute Gasteiger partial charge is 0.342 e. The Labute approximate surface area is 227 Å². The third-order valence-electron chi connectivity index (χ3n) is 7.19. The third kappa shape index (κ3) is 5.82. The van der Waals surface area contributed by atoms with Crippen molar-refractivity contribution < 1.29 is 33.0 Å². The number of esters is 2. The van der Waals surface area contributed by atoms with E-state index in [0.29, 0.717) is 66.3 Å². The lowest BCUT2D eigenvalue weighted by atomic mass is 9.86. The number of carbonyl (C=O) groups is 3. The van der Waals surface area contributed by atoms with E-state index in [1.54, 1.807) is 12.1 Å². The minimum atomic E-state index is -0.523. The molecule has 7 nitrogen and oxygen atoms in total. The Morgan fingerprint density at radius 3 is 2.56 bits per heavy atom. The van der Waals surface area contributed by atoms with Gasteiger partial charge in [-0.25, -0.2) is 4.79 Å². The molecule has 5 rings (SSSR count). The first-order chi connectivity index (χ1) is 18.9. The summed E-state index contributed by atoms with van der Waals surface area (Å²) in [5, 5.41) is 0. The highest BCUT2D eigenvalue weighted by Gasteiger charge is 2.37. The molecule has 2 aliphatic rings. The van der Waals surface area contributed by atoms with E-state index in [1.165, 1.54) is 7.11 Å². The Balaban J connectivity index is 1.60. The molecule has 0 saturated carbocycles. The first-order valence-corrected chi connectivity index (χ1v) is 13.4. The van der Waals surface area contributed by atoms with Gasteiger partial charge in [0, 0.05) is 24.0 Å². The van der Waals surface area contributed by atoms with Crippen molar-refractivity contribution in [3.05, 3.63) is 77.1 Å². The fourth-order valence-corrected chi connectivity index (χ4v) is 5.25. The molecule has 0 bridgehead atoms. The predicted octanol–water partition coefficient (Wildman–Crippen LogP) is 6.88. The molecule has 2 aromatic carbocycles. The van der Waals surface area contributed by atoms with E-state index in [-0.39, 0.29) is 23.9 Å². The van der Waals surface area contributed by atoms with Gasteiger partial charge < -0.3 is 18.6 Å². The number of furan rings is 1. The molecule has 202 valence electrons. The van der Waals surface area contributed by atoms with Gasteiger partial charge in [-0.15, -0.1) is 0 Å². The van der Waals surface area contributed by atoms with Crippen LogP contribution in [0.5, 0.6) is 11.5 Å². The number of hydrogen-bond donors (Lipinski definition) is 0. The molecule has 39 heavy (non-hydrogen) atoms. The summed E-state index contributed by atoms with van der Waals surface area (Å²) in [4.78, 5) is 38.4. The van der Waals surface area contributed by atoms with Crippen molar-refractivity contribution >= 4 is 23.8 Å². The molecule has 0 amide bonds. The number of cyclic esters (lactones) is 1. The number of hydrogen-bond acceptors (Lipinski definition) is 7. The fourth-order valence-electron chi connectivity index (χ4n) is 5.25. The van der Waals surface area contributed by atoms with Crippen LogP contribution in [0.1, 0.15) is 85.0 Å². The third-order valence-corrected chi connectivity index (χ3v) is 7.19. The number of fused-ring (bicyclic) bond motifs is 2. The lowest BCUT2D eigenvalue weighted by Crippen LogP contribution is -2.24. The Bertz CT molecular complexity index is 1400. The lowest BCUT2D eigenvalue weighted by Gasteiger charge is -2.27. The van der Waals surface area contributed by atoms with Gasteiger partial charge in [-0.05, 0) is 56.4 Å². The van der Waals surface area contributed by atoms with Crippen LogP contribution in [0.4, 0.5) is 0 Å². The van der Waals surface area contributed by atoms with Crippen LogP contribution in [-0.2, 0) is 14.3 Å². The summed E-state index contributed by atoms with van der Waals surface area (Å²) in [6, 6.07) is 15.1. The number of ketones is 1. The summed E-state index contributed by atoms with van der Waals surface area (Å²) in [7, 11) is 1.50. The van der Waals surface area contributed by atoms with Crippen LogP contribution in [0.2, 0.25) is 0 Å². The maximum atomic E-state index is 13.6. The average Bonchev–Trinajstić information content (AvgIpc) is 3.42. The van der Waals surface area contributed by atoms with Gasteiger partial charge in [-0.3, -0.25) is 9.59 Å². The molecule has 0 saturated heterocycles. The number of benzene rings is 2. The van der Waals surface area contributed by atoms with Crippen molar-refractivity contribution in [3.8, 4) is 22.8 Å². The lowest BCUT2D eigenvalue weighted by molar-refractivity contribution is -0.135. The van der Waals surface area contributed by atoms with Crippen LogP contribution in [0, 0.1) is 0 Å². The summed E-state index contributed by atoms with van der Waals surface area (Å²) >= 11 is 0. The van der Waals surface area contributed by atoms with Crippen LogP contribution in [0.3, 0.4) is 0 Å². The molecule has 2 atom stereocenters. The summed E-state index contributed by atoms with van der Waals surface area (Å²) in [6.45, 7) is 1.83. The van der Waals surface area contributed by atoms with Crippen molar-refractivity contribution in [1.29, 1.82) is 0 Å². The van der Waals surface area contributed by atoms with Gasteiger partial charge in [0.25, 0.3) is 0 Å². The Morgan fingerprint density at radius 1 is 0.974 bits per heavy atom. The maximum Gasteiger partial charge on any atom is 0.342 e. The van der Waals surface area contributed by atoms with Gasteiger partial charge in [0.1, 0.15) is 34.4 Å². The van der Waals surface area contributed by atoms with E-state index >= 15 is 0 Å². The summed E-state index contributed by atoms with van der Waals surface area (Å²) in [5.74, 6) is 0.685. The van der Waals surface area contributed by atoms with Crippen LogP contribution in [0.15, 0.2) is 59.0 Å². The van der Waals surface area contributed by atoms with Crippen LogP contribution < -0.4 is 9.47 Å². The van der Waals surface area contributed by atoms with Gasteiger partial charge in [0.2, 0.25) is 0 Å². The van der Waals surface area contributed by atoms with Gasteiger partial charge in [0.15, 0.2) is 0 Å². The minimum Gasteiger partial charge on any atom is -0.495 e. The second kappa shape index (κ2) is 11.7. The van der Waals surface area contributed by atoms with E-state index in [9.17, 15) is 14.4 Å². The zero-order valence-electron chi connectivity index (χ0n) is 22.2. The predicted molar refractivity (Wildman–Crippen MR) is 146 cm³/mol. The van der Waals surface area contributed by atoms with Crippen molar-refractivity contribution in [2.45, 2.75) is 63.9 Å². The van der Waals surface area contributed by atoms with Crippen LogP contribution in [-0.4, -0.2) is 30.9 Å². The molecule has 0 fully saturated rings. The van der Waals surface area contributed by atoms with Crippen molar-refractivity contribution in [3.63, 3.8) is 0 Å². The zero-order valence-corrected chi connectivity index (χ0v) is 22.2. The number of carbonyl (C=O) groups excluding carboxylic acids is 3. The highest BCUT2D eigenvalue weighted by Crippen LogP contribution is 2.48. The molecular weight excluding hydrogens is 496 g/mol. The van der Waals surface area contributed by atoms with Gasteiger partial charge in [-0.1, -0.05) is 42.5 Å². The summed E-state index contributed by atoms with van der Waals surface area (Å²) in [5.41, 5.74) is 2.31. The largest absolute Gasteiger partial charge is 0.495 e. The van der Waals surface area contributed by atoms with Crippen molar-refractivity contribution in [2.24, 2.45) is 0 Å². The quantitative estimate of drug-likeness (QED) is 0.270. The molecule has 2 aliphatic heterocycles. The minimum absolute atomic E-state index is 0.0409. The SMILES string of the molecule is COc1c2c(cc3c1[C@@H](c1ccc(-c4ccccc4)o1)CC(=O)O3)C=CCCCC(=O)CCC[C@@H](C)OC2=O. The number of ether oxygens (including phenoxy) is 3. The second-order valence-corrected chi connectivity index (χ2v) is 10.0. The van der Waals surface area contributed by atoms with Crippen LogP contribution in [0.25, 0.3) is 17.4 Å². The van der Waals surface area contributed by atoms with Crippen molar-refractivity contribution in [1.82, 2.24) is 0 Å². The Morgan fingerprint density at radius 2 is 1.77 bits per heavy atom. The first kappa shape index (κ1) is 26.5. The summed E-state index contributed by atoms with van der Waals surface area (Å²) in [6.07, 6.45) is 7.05. The number of methoxy groups -OCH3 is 1. The highest BCUT2D eigenvalue weighted by molar-refractivity contribution is 5.99. The topological polar surface area (TPSA) is 92.0 Å². The summed E-state index contributed by atoms with van der Waals surface area (Å²) < 4.78 is 23.6. The van der Waals surface area contributed by atoms with Crippen LogP contribution >= 0.6 is 0 Å². The molecule has 0 unspecified atom stereocenters. The molecule has 0 N–H and O–H groups in total. The normalized spacial score (nSPS) is 20.3. The fraction of sp³-hybridized carbons (Fsp3) is 0.344. The van der Waals surface area contributed by atoms with E-state index in [2.05, 4.69) is 0 Å². The first-order valence-electron chi connectivity index (χ1n) is 13.4. The number of Topliss-reactive ketones (excluding diaryl/α,β-unsaturated/α-hetero) is 1. The molecule has 0 aliphatic carbocycles. The number of rotatable bonds is 3. The molecule has 3 heterocycles. The Hall–Kier alpha value is -4.13. The number of allylic oxidation sites excluding steroid dienone is 1. The van der Waals surface area contributed by atoms with Gasteiger partial charge in [-0.2, -0.15) is 0 Å². The molecular formula is C32H32O7. The highest BCUT2D eigenvalue weighted by atomic mass is 16.5. The average molecular weight is 529 g/mol. The Kier molecular flexibility index (Phi) is 7.96. The van der Waals surface area contributed by atoms with Gasteiger partial charge >= 0.3 is 11.9 Å². The monoisotopic (exact) mass is 528 g/mol. The standard InChI is InChI=1S/C32H32O7/c1-20-10-9-15-23(33)14-8-4-7-13-22-18-27-30(31(36-2)29(22)32(35)37-20)24(19-28(34)39-27)26-17-16-25(38-26)21-11-5-3-6-12-21/h3,5-7,11-13,16-18,20,24H,4,8-10,14-15,19H2,1-2H3/t20-,24-/m1/s1. The molecule has 3 aromatic rings.